The first-order valence-corrected chi connectivity index (χ1v) is 9.11. The van der Waals surface area contributed by atoms with E-state index in [1.54, 1.807) is 18.2 Å². The number of allylic oxidation sites excluding steroid dienone is 1. The molecule has 138 valence electrons. The van der Waals surface area contributed by atoms with Crippen LogP contribution < -0.4 is 0 Å². The molecule has 1 fully saturated rings. The second kappa shape index (κ2) is 6.51. The number of carbonyl (C=O) groups is 3. The second-order valence-corrected chi connectivity index (χ2v) is 7.48. The Morgan fingerprint density at radius 1 is 1.04 bits per heavy atom. The molecule has 27 heavy (non-hydrogen) atoms. The summed E-state index contributed by atoms with van der Waals surface area (Å²) in [6, 6.07) is 9.13. The van der Waals surface area contributed by atoms with Gasteiger partial charge in [-0.1, -0.05) is 30.3 Å². The maximum absolute atomic E-state index is 13.3. The molecule has 0 unspecified atom stereocenters. The molecular formula is C22H21NO4. The van der Waals surface area contributed by atoms with E-state index < -0.39 is 17.1 Å². The van der Waals surface area contributed by atoms with Gasteiger partial charge in [-0.2, -0.15) is 0 Å². The molecule has 0 aromatic heterocycles. The van der Waals surface area contributed by atoms with Crippen molar-refractivity contribution in [2.45, 2.75) is 19.4 Å². The molecule has 0 atom stereocenters. The molecule has 0 N–H and O–H groups in total. The van der Waals surface area contributed by atoms with Crippen LogP contribution in [0, 0.1) is 0 Å². The standard InChI is InChI=1S/C22H21NO4/c1-22(2,23-9-11-27-12-10-23)21(26)16-6-4-14-3-5-15-7-8-18(24)20(25)19(15)17(14)13-16/h3-8,13H,9-12H2,1-2H3. The van der Waals surface area contributed by atoms with Crippen molar-refractivity contribution < 1.29 is 19.1 Å². The highest BCUT2D eigenvalue weighted by Gasteiger charge is 2.36. The normalized spacial score (nSPS) is 18.0. The largest absolute Gasteiger partial charge is 0.379 e. The van der Waals surface area contributed by atoms with E-state index in [0.29, 0.717) is 48.4 Å². The first-order chi connectivity index (χ1) is 12.9. The van der Waals surface area contributed by atoms with Crippen LogP contribution in [0.5, 0.6) is 0 Å². The first-order valence-electron chi connectivity index (χ1n) is 9.11. The van der Waals surface area contributed by atoms with Gasteiger partial charge < -0.3 is 4.74 Å². The number of morpholine rings is 1. The van der Waals surface area contributed by atoms with Crippen molar-refractivity contribution in [3.63, 3.8) is 0 Å². The monoisotopic (exact) mass is 363 g/mol. The van der Waals surface area contributed by atoms with E-state index in [1.165, 1.54) is 6.08 Å². The Morgan fingerprint density at radius 2 is 1.74 bits per heavy atom. The summed E-state index contributed by atoms with van der Waals surface area (Å²) in [4.78, 5) is 39.7. The lowest BCUT2D eigenvalue weighted by molar-refractivity contribution is -0.110. The molecule has 2 aliphatic rings. The molecular weight excluding hydrogens is 342 g/mol. The summed E-state index contributed by atoms with van der Waals surface area (Å²) >= 11 is 0. The van der Waals surface area contributed by atoms with E-state index in [4.69, 9.17) is 4.74 Å². The fourth-order valence-corrected chi connectivity index (χ4v) is 3.85. The van der Waals surface area contributed by atoms with Gasteiger partial charge in [0.05, 0.1) is 18.8 Å². The van der Waals surface area contributed by atoms with Gasteiger partial charge in [0, 0.05) is 24.2 Å². The third-order valence-corrected chi connectivity index (χ3v) is 5.54. The van der Waals surface area contributed by atoms with Crippen LogP contribution in [0.25, 0.3) is 16.8 Å². The zero-order valence-corrected chi connectivity index (χ0v) is 15.5. The molecule has 4 rings (SSSR count). The van der Waals surface area contributed by atoms with Gasteiger partial charge in [0.2, 0.25) is 11.6 Å². The van der Waals surface area contributed by atoms with Gasteiger partial charge in [-0.3, -0.25) is 19.3 Å². The van der Waals surface area contributed by atoms with Crippen LogP contribution in [-0.2, 0) is 9.53 Å². The number of ketones is 3. The summed E-state index contributed by atoms with van der Waals surface area (Å²) in [6.07, 6.45) is 2.96. The lowest BCUT2D eigenvalue weighted by Crippen LogP contribution is -2.54. The highest BCUT2D eigenvalue weighted by atomic mass is 16.5. The summed E-state index contributed by atoms with van der Waals surface area (Å²) in [6.45, 7) is 6.49. The number of hydrogen-bond acceptors (Lipinski definition) is 5. The average molecular weight is 363 g/mol. The van der Waals surface area contributed by atoms with Gasteiger partial charge in [0.1, 0.15) is 0 Å². The van der Waals surface area contributed by atoms with E-state index >= 15 is 0 Å². The van der Waals surface area contributed by atoms with E-state index in [2.05, 4.69) is 4.90 Å². The summed E-state index contributed by atoms with van der Waals surface area (Å²) in [7, 11) is 0. The van der Waals surface area contributed by atoms with Gasteiger partial charge in [0.15, 0.2) is 5.78 Å². The Bertz CT molecular complexity index is 997. The number of nitrogens with zero attached hydrogens (tertiary/aromatic N) is 1. The number of hydrogen-bond donors (Lipinski definition) is 0. The summed E-state index contributed by atoms with van der Waals surface area (Å²) in [5.41, 5.74) is 0.969. The maximum Gasteiger partial charge on any atom is 0.234 e. The Morgan fingerprint density at radius 3 is 2.48 bits per heavy atom. The lowest BCUT2D eigenvalue weighted by atomic mass is 9.86. The van der Waals surface area contributed by atoms with E-state index in [1.807, 2.05) is 32.0 Å². The van der Waals surface area contributed by atoms with Crippen molar-refractivity contribution in [3.05, 3.63) is 53.1 Å². The molecule has 0 radical (unpaired) electrons. The predicted molar refractivity (Wildman–Crippen MR) is 103 cm³/mol. The minimum Gasteiger partial charge on any atom is -0.379 e. The van der Waals surface area contributed by atoms with Gasteiger partial charge in [0.25, 0.3) is 0 Å². The van der Waals surface area contributed by atoms with Crippen LogP contribution in [-0.4, -0.2) is 54.1 Å². The first kappa shape index (κ1) is 17.8. The van der Waals surface area contributed by atoms with E-state index in [-0.39, 0.29) is 5.78 Å². The summed E-state index contributed by atoms with van der Waals surface area (Å²) in [5, 5.41) is 1.49. The molecule has 1 aliphatic heterocycles. The van der Waals surface area contributed by atoms with Crippen molar-refractivity contribution in [2.24, 2.45) is 0 Å². The molecule has 2 aromatic rings. The maximum atomic E-state index is 13.3. The van der Waals surface area contributed by atoms with Gasteiger partial charge in [-0.25, -0.2) is 0 Å². The summed E-state index contributed by atoms with van der Waals surface area (Å²) < 4.78 is 5.39. The fraction of sp³-hybridized carbons (Fsp3) is 0.318. The molecule has 0 spiro atoms. The van der Waals surface area contributed by atoms with Crippen molar-refractivity contribution in [2.75, 3.05) is 26.3 Å². The average Bonchev–Trinajstić information content (AvgIpc) is 2.70. The van der Waals surface area contributed by atoms with Crippen molar-refractivity contribution in [1.29, 1.82) is 0 Å². The topological polar surface area (TPSA) is 63.7 Å². The highest BCUT2D eigenvalue weighted by Crippen LogP contribution is 2.30. The number of ether oxygens (including phenoxy) is 1. The minimum absolute atomic E-state index is 0.00553. The van der Waals surface area contributed by atoms with Crippen molar-refractivity contribution in [1.82, 2.24) is 4.90 Å². The van der Waals surface area contributed by atoms with Crippen LogP contribution in [0.1, 0.15) is 40.1 Å². The summed E-state index contributed by atoms with van der Waals surface area (Å²) in [5.74, 6) is -1.05. The van der Waals surface area contributed by atoms with Gasteiger partial charge in [-0.15, -0.1) is 0 Å². The fourth-order valence-electron chi connectivity index (χ4n) is 3.85. The molecule has 1 heterocycles. The zero-order valence-electron chi connectivity index (χ0n) is 15.5. The number of fused-ring (bicyclic) bond motifs is 3. The Balaban J connectivity index is 1.79. The Hall–Kier alpha value is -2.63. The molecule has 1 saturated heterocycles. The molecule has 1 aliphatic carbocycles. The molecule has 2 aromatic carbocycles. The van der Waals surface area contributed by atoms with Gasteiger partial charge in [-0.05, 0) is 42.3 Å². The van der Waals surface area contributed by atoms with Crippen molar-refractivity contribution in [3.8, 4) is 0 Å². The number of Topliss-reactive ketones (excluding diaryl/α,β-unsaturated/α-hetero) is 2. The SMILES string of the molecule is CC(C)(C(=O)c1ccc2ccc3c(c2c1)C(=O)C(=O)C=C3)N1CCOCC1. The van der Waals surface area contributed by atoms with Crippen molar-refractivity contribution >= 4 is 34.2 Å². The minimum atomic E-state index is -0.675. The van der Waals surface area contributed by atoms with Crippen LogP contribution in [0.4, 0.5) is 0 Å². The Labute approximate surface area is 157 Å². The molecule has 0 saturated carbocycles. The third kappa shape index (κ3) is 2.93. The highest BCUT2D eigenvalue weighted by molar-refractivity contribution is 6.51. The number of carbonyl (C=O) groups excluding carboxylic acids is 3. The zero-order chi connectivity index (χ0) is 19.2. The molecule has 5 nitrogen and oxygen atoms in total. The molecule has 5 heteroatoms. The molecule has 0 bridgehead atoms. The third-order valence-electron chi connectivity index (χ3n) is 5.54. The quantitative estimate of drug-likeness (QED) is 0.620. The van der Waals surface area contributed by atoms with Gasteiger partial charge >= 0.3 is 0 Å². The molecule has 0 amide bonds. The number of rotatable bonds is 3. The lowest BCUT2D eigenvalue weighted by Gasteiger charge is -2.39. The van der Waals surface area contributed by atoms with Crippen LogP contribution in [0.3, 0.4) is 0 Å². The Kier molecular flexibility index (Phi) is 4.29. The van der Waals surface area contributed by atoms with E-state index in [0.717, 1.165) is 5.39 Å². The second-order valence-electron chi connectivity index (χ2n) is 7.48. The van der Waals surface area contributed by atoms with E-state index in [9.17, 15) is 14.4 Å². The van der Waals surface area contributed by atoms with Crippen LogP contribution >= 0.6 is 0 Å². The number of benzene rings is 2. The predicted octanol–water partition coefficient (Wildman–Crippen LogP) is 2.91. The van der Waals surface area contributed by atoms with Crippen LogP contribution in [0.2, 0.25) is 0 Å². The van der Waals surface area contributed by atoms with Crippen LogP contribution in [0.15, 0.2) is 36.4 Å². The smallest absolute Gasteiger partial charge is 0.234 e.